The minimum absolute atomic E-state index is 0. The van der Waals surface area contributed by atoms with E-state index < -0.39 is 0 Å². The van der Waals surface area contributed by atoms with Crippen LogP contribution in [0.3, 0.4) is 0 Å². The molecule has 3 heterocycles. The average Bonchev–Trinajstić information content (AvgIpc) is 3.13. The summed E-state index contributed by atoms with van der Waals surface area (Å²) in [7, 11) is 2.15. The minimum atomic E-state index is 0. The third-order valence-corrected chi connectivity index (χ3v) is 5.09. The summed E-state index contributed by atoms with van der Waals surface area (Å²) in [6.07, 6.45) is 4.64. The van der Waals surface area contributed by atoms with E-state index in [4.69, 9.17) is 0 Å². The number of amides is 1. The fourth-order valence-corrected chi connectivity index (χ4v) is 3.45. The van der Waals surface area contributed by atoms with Crippen LogP contribution >= 0.6 is 37.2 Å². The molecule has 2 saturated heterocycles. The summed E-state index contributed by atoms with van der Waals surface area (Å²) in [6.45, 7) is 6.80. The van der Waals surface area contributed by atoms with Gasteiger partial charge in [0.15, 0.2) is 0 Å². The van der Waals surface area contributed by atoms with Gasteiger partial charge in [-0.1, -0.05) is 6.07 Å². The normalized spacial score (nSPS) is 19.4. The molecular formula is C18H32Cl3N5O. The van der Waals surface area contributed by atoms with Crippen molar-refractivity contribution in [2.45, 2.75) is 25.8 Å². The van der Waals surface area contributed by atoms with Crippen LogP contribution in [0.1, 0.15) is 24.8 Å². The lowest BCUT2D eigenvalue weighted by molar-refractivity contribution is -0.121. The van der Waals surface area contributed by atoms with E-state index in [1.54, 1.807) is 0 Å². The van der Waals surface area contributed by atoms with Gasteiger partial charge in [0.05, 0.1) is 0 Å². The fourth-order valence-electron chi connectivity index (χ4n) is 3.45. The summed E-state index contributed by atoms with van der Waals surface area (Å²) in [5.41, 5.74) is 1.11. The van der Waals surface area contributed by atoms with Crippen molar-refractivity contribution in [1.82, 2.24) is 20.5 Å². The molecule has 1 atom stereocenters. The van der Waals surface area contributed by atoms with Crippen molar-refractivity contribution in [3.63, 3.8) is 0 Å². The Kier molecular flexibility index (Phi) is 13.0. The predicted molar refractivity (Wildman–Crippen MR) is 118 cm³/mol. The Morgan fingerprint density at radius 1 is 1.26 bits per heavy atom. The van der Waals surface area contributed by atoms with Gasteiger partial charge in [-0.15, -0.1) is 37.2 Å². The van der Waals surface area contributed by atoms with Crippen LogP contribution < -0.4 is 15.5 Å². The first-order chi connectivity index (χ1) is 11.7. The van der Waals surface area contributed by atoms with Gasteiger partial charge in [-0.25, -0.2) is 4.98 Å². The van der Waals surface area contributed by atoms with Crippen LogP contribution in [0.25, 0.3) is 0 Å². The molecule has 1 aromatic heterocycles. The van der Waals surface area contributed by atoms with E-state index in [-0.39, 0.29) is 43.1 Å². The summed E-state index contributed by atoms with van der Waals surface area (Å²) >= 11 is 0. The first-order valence-electron chi connectivity index (χ1n) is 9.07. The number of piperazine rings is 1. The van der Waals surface area contributed by atoms with Crippen molar-refractivity contribution >= 4 is 48.9 Å². The molecule has 27 heavy (non-hydrogen) atoms. The number of likely N-dealkylation sites (N-methyl/N-ethyl adjacent to an activating group) is 1. The van der Waals surface area contributed by atoms with Gasteiger partial charge in [0.25, 0.3) is 0 Å². The largest absolute Gasteiger partial charge is 0.354 e. The number of carbonyl (C=O) groups is 1. The molecule has 2 N–H and O–H groups in total. The Labute approximate surface area is 181 Å². The van der Waals surface area contributed by atoms with E-state index in [9.17, 15) is 4.79 Å². The standard InChI is InChI=1S/C18H29N5O.3ClH/c1-22-9-11-23(12-10-22)18-16(3-2-7-20-18)14-21-17(24)5-4-15-6-8-19-13-15;;;/h2-3,7,15,19H,4-6,8-14H2,1H3,(H,21,24);3*1H. The highest BCUT2D eigenvalue weighted by molar-refractivity contribution is 5.86. The third-order valence-electron chi connectivity index (χ3n) is 5.09. The van der Waals surface area contributed by atoms with E-state index in [1.807, 2.05) is 12.3 Å². The number of nitrogens with zero attached hydrogens (tertiary/aromatic N) is 3. The van der Waals surface area contributed by atoms with Crippen LogP contribution in [0.4, 0.5) is 5.82 Å². The lowest BCUT2D eigenvalue weighted by Crippen LogP contribution is -2.45. The Morgan fingerprint density at radius 3 is 2.67 bits per heavy atom. The Morgan fingerprint density at radius 2 is 2.00 bits per heavy atom. The van der Waals surface area contributed by atoms with Gasteiger partial charge in [-0.3, -0.25) is 4.79 Å². The lowest BCUT2D eigenvalue weighted by Gasteiger charge is -2.34. The molecule has 3 rings (SSSR count). The second-order valence-electron chi connectivity index (χ2n) is 6.95. The first-order valence-corrected chi connectivity index (χ1v) is 9.07. The average molecular weight is 441 g/mol. The van der Waals surface area contributed by atoms with Crippen molar-refractivity contribution in [3.05, 3.63) is 23.9 Å². The smallest absolute Gasteiger partial charge is 0.220 e. The zero-order valence-electron chi connectivity index (χ0n) is 15.9. The molecule has 2 fully saturated rings. The maximum Gasteiger partial charge on any atom is 0.220 e. The zero-order chi connectivity index (χ0) is 16.8. The molecule has 1 unspecified atom stereocenters. The van der Waals surface area contributed by atoms with Crippen LogP contribution in [-0.4, -0.2) is 62.1 Å². The number of halogens is 3. The Bertz CT molecular complexity index is 550. The molecule has 0 radical (unpaired) electrons. The van der Waals surface area contributed by atoms with Crippen molar-refractivity contribution < 1.29 is 4.79 Å². The highest BCUT2D eigenvalue weighted by Crippen LogP contribution is 2.19. The number of aromatic nitrogens is 1. The molecule has 0 spiro atoms. The van der Waals surface area contributed by atoms with E-state index in [1.165, 1.54) is 6.42 Å². The van der Waals surface area contributed by atoms with Crippen LogP contribution in [0.2, 0.25) is 0 Å². The zero-order valence-corrected chi connectivity index (χ0v) is 18.3. The second kappa shape index (κ2) is 13.4. The van der Waals surface area contributed by atoms with E-state index in [0.29, 0.717) is 18.9 Å². The fraction of sp³-hybridized carbons (Fsp3) is 0.667. The molecule has 1 aromatic rings. The molecule has 156 valence electrons. The SMILES string of the molecule is CN1CCN(c2ncccc2CNC(=O)CCC2CCNC2)CC1.Cl.Cl.Cl. The molecular weight excluding hydrogens is 409 g/mol. The van der Waals surface area contributed by atoms with Gasteiger partial charge >= 0.3 is 0 Å². The Balaban J connectivity index is 0.00000225. The van der Waals surface area contributed by atoms with Gasteiger partial charge in [0.2, 0.25) is 5.91 Å². The molecule has 6 nitrogen and oxygen atoms in total. The minimum Gasteiger partial charge on any atom is -0.354 e. The number of hydrogen-bond acceptors (Lipinski definition) is 5. The number of nitrogens with one attached hydrogen (secondary N) is 2. The van der Waals surface area contributed by atoms with Gasteiger partial charge < -0.3 is 20.4 Å². The second-order valence-corrected chi connectivity index (χ2v) is 6.95. The molecule has 0 bridgehead atoms. The summed E-state index contributed by atoms with van der Waals surface area (Å²) in [5, 5.41) is 6.43. The number of hydrogen-bond donors (Lipinski definition) is 2. The maximum atomic E-state index is 12.1. The number of pyridine rings is 1. The topological polar surface area (TPSA) is 60.5 Å². The molecule has 2 aliphatic heterocycles. The number of anilines is 1. The molecule has 1 amide bonds. The van der Waals surface area contributed by atoms with Gasteiger partial charge in [0, 0.05) is 50.9 Å². The lowest BCUT2D eigenvalue weighted by atomic mass is 10.0. The van der Waals surface area contributed by atoms with Crippen molar-refractivity contribution in [3.8, 4) is 0 Å². The van der Waals surface area contributed by atoms with E-state index in [0.717, 1.165) is 57.1 Å². The van der Waals surface area contributed by atoms with Crippen LogP contribution in [-0.2, 0) is 11.3 Å². The van der Waals surface area contributed by atoms with Crippen LogP contribution in [0, 0.1) is 5.92 Å². The highest BCUT2D eigenvalue weighted by Gasteiger charge is 2.19. The Hall–Kier alpha value is -0.790. The number of carbonyl (C=O) groups excluding carboxylic acids is 1. The summed E-state index contributed by atoms with van der Waals surface area (Å²) in [4.78, 5) is 21.4. The number of rotatable bonds is 6. The van der Waals surface area contributed by atoms with Crippen molar-refractivity contribution in [1.29, 1.82) is 0 Å². The van der Waals surface area contributed by atoms with Crippen LogP contribution in [0.5, 0.6) is 0 Å². The van der Waals surface area contributed by atoms with Crippen molar-refractivity contribution in [2.75, 3.05) is 51.2 Å². The van der Waals surface area contributed by atoms with Gasteiger partial charge in [-0.05, 0) is 45.0 Å². The summed E-state index contributed by atoms with van der Waals surface area (Å²) in [5.74, 6) is 1.83. The molecule has 0 aromatic carbocycles. The van der Waals surface area contributed by atoms with Crippen LogP contribution in [0.15, 0.2) is 18.3 Å². The maximum absolute atomic E-state index is 12.1. The monoisotopic (exact) mass is 439 g/mol. The van der Waals surface area contributed by atoms with E-state index in [2.05, 4.69) is 38.5 Å². The van der Waals surface area contributed by atoms with Gasteiger partial charge in [-0.2, -0.15) is 0 Å². The highest BCUT2D eigenvalue weighted by atomic mass is 35.5. The van der Waals surface area contributed by atoms with Crippen molar-refractivity contribution in [2.24, 2.45) is 5.92 Å². The predicted octanol–water partition coefficient (Wildman–Crippen LogP) is 2.10. The first kappa shape index (κ1) is 26.2. The quantitative estimate of drug-likeness (QED) is 0.709. The summed E-state index contributed by atoms with van der Waals surface area (Å²) in [6, 6.07) is 4.02. The van der Waals surface area contributed by atoms with Gasteiger partial charge in [0.1, 0.15) is 5.82 Å². The molecule has 9 heteroatoms. The van der Waals surface area contributed by atoms with E-state index >= 15 is 0 Å². The summed E-state index contributed by atoms with van der Waals surface area (Å²) < 4.78 is 0. The molecule has 0 aliphatic carbocycles. The molecule has 0 saturated carbocycles. The molecule has 2 aliphatic rings. The third kappa shape index (κ3) is 8.00.